The van der Waals surface area contributed by atoms with Gasteiger partial charge in [-0.1, -0.05) is 43.6 Å². The first kappa shape index (κ1) is 19.1. The molecule has 4 nitrogen and oxygen atoms in total. The maximum Gasteiger partial charge on any atom is 0.291 e. The molecule has 0 atom stereocenters. The summed E-state index contributed by atoms with van der Waals surface area (Å²) in [5, 5.41) is 3.52. The number of nitrogens with one attached hydrogen (secondary N) is 1. The molecule has 0 spiro atoms. The minimum absolute atomic E-state index is 0.236. The smallest absolute Gasteiger partial charge is 0.291 e. The number of rotatable bonds is 6. The number of amides is 1. The number of para-hydroxylation sites is 1. The van der Waals surface area contributed by atoms with Crippen LogP contribution in [-0.4, -0.2) is 5.91 Å². The van der Waals surface area contributed by atoms with E-state index in [4.69, 9.17) is 20.8 Å². The maximum atomic E-state index is 12.3. The van der Waals surface area contributed by atoms with E-state index in [1.54, 1.807) is 12.1 Å². The highest BCUT2D eigenvalue weighted by Crippen LogP contribution is 2.32. The lowest BCUT2D eigenvalue weighted by Gasteiger charge is -2.15. The summed E-state index contributed by atoms with van der Waals surface area (Å²) in [5.74, 6) is 1.59. The van der Waals surface area contributed by atoms with Crippen molar-refractivity contribution in [2.24, 2.45) is 0 Å². The van der Waals surface area contributed by atoms with Crippen LogP contribution in [0.1, 0.15) is 47.2 Å². The molecule has 2 aromatic carbocycles. The summed E-state index contributed by atoms with van der Waals surface area (Å²) in [4.78, 5) is 12.3. The van der Waals surface area contributed by atoms with E-state index in [-0.39, 0.29) is 24.2 Å². The van der Waals surface area contributed by atoms with E-state index < -0.39 is 0 Å². The highest BCUT2D eigenvalue weighted by molar-refractivity contribution is 6.31. The zero-order valence-electron chi connectivity index (χ0n) is 15.6. The van der Waals surface area contributed by atoms with Gasteiger partial charge in [0.1, 0.15) is 18.1 Å². The second-order valence-electron chi connectivity index (χ2n) is 6.67. The number of benzene rings is 2. The highest BCUT2D eigenvalue weighted by Gasteiger charge is 2.14. The zero-order chi connectivity index (χ0) is 19.4. The van der Waals surface area contributed by atoms with Gasteiger partial charge in [0.2, 0.25) is 0 Å². The summed E-state index contributed by atoms with van der Waals surface area (Å²) in [6.07, 6.45) is 0. The van der Waals surface area contributed by atoms with Gasteiger partial charge in [-0.25, -0.2) is 0 Å². The molecule has 0 aliphatic heterocycles. The Bertz CT molecular complexity index is 932. The minimum atomic E-state index is -0.294. The van der Waals surface area contributed by atoms with Gasteiger partial charge < -0.3 is 14.5 Å². The molecule has 0 aliphatic rings. The summed E-state index contributed by atoms with van der Waals surface area (Å²) in [7, 11) is 0. The molecular formula is C22H22ClNO3. The van der Waals surface area contributed by atoms with Crippen molar-refractivity contribution in [3.8, 4) is 5.75 Å². The fraction of sp³-hybridized carbons (Fsp3) is 0.227. The number of carbonyl (C=O) groups excluding carboxylic acids is 1. The zero-order valence-corrected chi connectivity index (χ0v) is 16.3. The number of furan rings is 1. The van der Waals surface area contributed by atoms with Crippen LogP contribution in [-0.2, 0) is 6.61 Å². The molecule has 1 aromatic heterocycles. The van der Waals surface area contributed by atoms with Crippen molar-refractivity contribution in [3.05, 3.63) is 82.3 Å². The van der Waals surface area contributed by atoms with Crippen molar-refractivity contribution < 1.29 is 13.9 Å². The van der Waals surface area contributed by atoms with Crippen LogP contribution in [0.25, 0.3) is 0 Å². The van der Waals surface area contributed by atoms with Crippen LogP contribution in [0.4, 0.5) is 5.69 Å². The summed E-state index contributed by atoms with van der Waals surface area (Å²) in [6, 6.07) is 16.5. The quantitative estimate of drug-likeness (QED) is 0.551. The third kappa shape index (κ3) is 4.72. The molecule has 0 unspecified atom stereocenters. The molecule has 0 saturated carbocycles. The van der Waals surface area contributed by atoms with Crippen molar-refractivity contribution in [1.29, 1.82) is 0 Å². The molecular weight excluding hydrogens is 362 g/mol. The number of aryl methyl sites for hydroxylation is 1. The largest absolute Gasteiger partial charge is 0.485 e. The van der Waals surface area contributed by atoms with Crippen LogP contribution >= 0.6 is 11.6 Å². The lowest BCUT2D eigenvalue weighted by molar-refractivity contribution is 0.0992. The van der Waals surface area contributed by atoms with E-state index in [2.05, 4.69) is 19.2 Å². The predicted octanol–water partition coefficient (Wildman–Crippen LogP) is 6.20. The summed E-state index contributed by atoms with van der Waals surface area (Å²) >= 11 is 6.23. The Kier molecular flexibility index (Phi) is 5.87. The van der Waals surface area contributed by atoms with Gasteiger partial charge in [-0.15, -0.1) is 0 Å². The minimum Gasteiger partial charge on any atom is -0.485 e. The number of halogens is 1. The van der Waals surface area contributed by atoms with Crippen molar-refractivity contribution in [2.75, 3.05) is 5.32 Å². The van der Waals surface area contributed by atoms with Crippen LogP contribution in [0.2, 0.25) is 5.02 Å². The van der Waals surface area contributed by atoms with Gasteiger partial charge in [0.15, 0.2) is 5.76 Å². The molecule has 0 radical (unpaired) electrons. The second kappa shape index (κ2) is 8.31. The van der Waals surface area contributed by atoms with Crippen molar-refractivity contribution >= 4 is 23.2 Å². The summed E-state index contributed by atoms with van der Waals surface area (Å²) in [5.41, 5.74) is 2.72. The van der Waals surface area contributed by atoms with Gasteiger partial charge in [-0.3, -0.25) is 4.79 Å². The van der Waals surface area contributed by atoms with E-state index in [1.807, 2.05) is 49.4 Å². The average molecular weight is 384 g/mol. The Hall–Kier alpha value is -2.72. The molecule has 0 aliphatic carbocycles. The van der Waals surface area contributed by atoms with Crippen LogP contribution < -0.4 is 10.1 Å². The lowest BCUT2D eigenvalue weighted by atomic mass is 10.0. The Morgan fingerprint density at radius 2 is 1.89 bits per heavy atom. The average Bonchev–Trinajstić information content (AvgIpc) is 3.12. The van der Waals surface area contributed by atoms with Gasteiger partial charge in [0, 0.05) is 10.7 Å². The van der Waals surface area contributed by atoms with Gasteiger partial charge >= 0.3 is 0 Å². The first-order chi connectivity index (χ1) is 12.9. The molecule has 3 aromatic rings. The number of carbonyl (C=O) groups is 1. The van der Waals surface area contributed by atoms with E-state index in [9.17, 15) is 4.79 Å². The summed E-state index contributed by atoms with van der Waals surface area (Å²) in [6.45, 7) is 6.36. The number of ether oxygens (including phenoxy) is 1. The van der Waals surface area contributed by atoms with Crippen molar-refractivity contribution in [2.45, 2.75) is 33.3 Å². The molecule has 1 heterocycles. The van der Waals surface area contributed by atoms with Crippen LogP contribution in [0.3, 0.4) is 0 Å². The Balaban J connectivity index is 1.68. The van der Waals surface area contributed by atoms with Gasteiger partial charge in [-0.05, 0) is 60.4 Å². The van der Waals surface area contributed by atoms with E-state index in [0.29, 0.717) is 5.76 Å². The Morgan fingerprint density at radius 1 is 1.15 bits per heavy atom. The van der Waals surface area contributed by atoms with Gasteiger partial charge in [0.25, 0.3) is 5.91 Å². The van der Waals surface area contributed by atoms with Crippen LogP contribution in [0, 0.1) is 6.92 Å². The van der Waals surface area contributed by atoms with Crippen molar-refractivity contribution in [1.82, 2.24) is 0 Å². The normalized spacial score (nSPS) is 10.9. The van der Waals surface area contributed by atoms with Gasteiger partial charge in [-0.2, -0.15) is 0 Å². The third-order valence-electron chi connectivity index (χ3n) is 4.20. The monoisotopic (exact) mass is 383 g/mol. The van der Waals surface area contributed by atoms with E-state index >= 15 is 0 Å². The molecule has 1 N–H and O–H groups in total. The molecule has 0 saturated heterocycles. The third-order valence-corrected chi connectivity index (χ3v) is 4.61. The molecule has 5 heteroatoms. The van der Waals surface area contributed by atoms with Crippen LogP contribution in [0.15, 0.2) is 59.0 Å². The highest BCUT2D eigenvalue weighted by atomic mass is 35.5. The van der Waals surface area contributed by atoms with Gasteiger partial charge in [0.05, 0.1) is 0 Å². The second-order valence-corrected chi connectivity index (χ2v) is 7.08. The number of anilines is 1. The first-order valence-corrected chi connectivity index (χ1v) is 9.20. The number of hydrogen-bond donors (Lipinski definition) is 1. The molecule has 1 amide bonds. The predicted molar refractivity (Wildman–Crippen MR) is 108 cm³/mol. The topological polar surface area (TPSA) is 51.5 Å². The Labute approximate surface area is 164 Å². The molecule has 0 fully saturated rings. The molecule has 3 rings (SSSR count). The maximum absolute atomic E-state index is 12.3. The Morgan fingerprint density at radius 3 is 2.59 bits per heavy atom. The van der Waals surface area contributed by atoms with Crippen molar-refractivity contribution in [3.63, 3.8) is 0 Å². The first-order valence-electron chi connectivity index (χ1n) is 8.82. The van der Waals surface area contributed by atoms with E-state index in [1.165, 1.54) is 0 Å². The van der Waals surface area contributed by atoms with E-state index in [0.717, 1.165) is 27.6 Å². The molecule has 0 bridgehead atoms. The summed E-state index contributed by atoms with van der Waals surface area (Å²) < 4.78 is 11.6. The lowest BCUT2D eigenvalue weighted by Crippen LogP contribution is -2.10. The van der Waals surface area contributed by atoms with Crippen LogP contribution in [0.5, 0.6) is 5.75 Å². The molecule has 140 valence electrons. The fourth-order valence-corrected chi connectivity index (χ4v) is 2.86. The molecule has 27 heavy (non-hydrogen) atoms. The number of hydrogen-bond acceptors (Lipinski definition) is 3. The fourth-order valence-electron chi connectivity index (χ4n) is 2.69. The SMILES string of the molecule is Cc1cc(OCc2ccc(C(=O)Nc3ccccc3)o2)c(C(C)C)cc1Cl. The standard InChI is InChI=1S/C22H22ClNO3/c1-14(2)18-12-19(23)15(3)11-21(18)26-13-17-9-10-20(27-17)22(25)24-16-7-5-4-6-8-16/h4-12,14H,13H2,1-3H3,(H,24,25).